The average Bonchev–Trinajstić information content (AvgIpc) is 3.05. The van der Waals surface area contributed by atoms with Gasteiger partial charge < -0.3 is 10.3 Å². The van der Waals surface area contributed by atoms with Crippen molar-refractivity contribution in [3.8, 4) is 0 Å². The number of nitrogens with one attached hydrogen (secondary N) is 2. The Balaban J connectivity index is 1.44. The molecule has 0 aliphatic rings. The minimum Gasteiger partial charge on any atom is -0.350 e. The normalized spacial score (nSPS) is 10.9. The number of nitrogens with zero attached hydrogens (tertiary/aromatic N) is 3. The number of halogens is 1. The molecule has 4 aromatic rings. The van der Waals surface area contributed by atoms with Gasteiger partial charge in [0.15, 0.2) is 0 Å². The lowest BCUT2D eigenvalue weighted by atomic mass is 10.1. The van der Waals surface area contributed by atoms with Crippen LogP contribution < -0.4 is 5.32 Å². The summed E-state index contributed by atoms with van der Waals surface area (Å²) in [6, 6.07) is 11.7. The summed E-state index contributed by atoms with van der Waals surface area (Å²) in [6.45, 7) is 0.590. The largest absolute Gasteiger partial charge is 0.350 e. The van der Waals surface area contributed by atoms with Gasteiger partial charge in [-0.2, -0.15) is 0 Å². The third kappa shape index (κ3) is 3.46. The number of rotatable bonds is 5. The summed E-state index contributed by atoms with van der Waals surface area (Å²) in [5, 5.41) is 5.06. The van der Waals surface area contributed by atoms with Crippen LogP contribution >= 0.6 is 11.6 Å². The molecule has 0 saturated heterocycles. The van der Waals surface area contributed by atoms with Gasteiger partial charge in [-0.25, -0.2) is 15.0 Å². The minimum atomic E-state index is 0.587. The number of hydrogen-bond donors (Lipinski definition) is 2. The molecule has 4 rings (SSSR count). The highest BCUT2D eigenvalue weighted by molar-refractivity contribution is 6.31. The van der Waals surface area contributed by atoms with Crippen molar-refractivity contribution in [3.05, 3.63) is 82.9 Å². The van der Waals surface area contributed by atoms with E-state index in [1.165, 1.54) is 5.56 Å². The molecule has 5 nitrogen and oxygen atoms in total. The van der Waals surface area contributed by atoms with Crippen molar-refractivity contribution in [2.24, 2.45) is 0 Å². The van der Waals surface area contributed by atoms with Crippen molar-refractivity contribution < 1.29 is 0 Å². The Kier molecular flexibility index (Phi) is 4.31. The van der Waals surface area contributed by atoms with Gasteiger partial charge in [0.1, 0.15) is 5.65 Å². The highest BCUT2D eigenvalue weighted by Crippen LogP contribution is 2.19. The van der Waals surface area contributed by atoms with E-state index in [1.54, 1.807) is 6.20 Å². The van der Waals surface area contributed by atoms with E-state index < -0.39 is 0 Å². The molecule has 0 bridgehead atoms. The van der Waals surface area contributed by atoms with Crippen LogP contribution in [0.3, 0.4) is 0 Å². The average molecular weight is 350 g/mol. The Morgan fingerprint density at radius 3 is 2.64 bits per heavy atom. The van der Waals surface area contributed by atoms with Gasteiger partial charge in [-0.05, 0) is 34.9 Å². The van der Waals surface area contributed by atoms with E-state index in [0.29, 0.717) is 12.5 Å². The number of benzene rings is 1. The zero-order chi connectivity index (χ0) is 17.1. The predicted molar refractivity (Wildman–Crippen MR) is 99.7 cm³/mol. The van der Waals surface area contributed by atoms with E-state index in [1.807, 2.05) is 48.9 Å². The van der Waals surface area contributed by atoms with Crippen molar-refractivity contribution in [2.75, 3.05) is 5.32 Å². The number of fused-ring (bicyclic) bond motifs is 1. The summed E-state index contributed by atoms with van der Waals surface area (Å²) < 4.78 is 0. The lowest BCUT2D eigenvalue weighted by molar-refractivity contribution is 1.02. The van der Waals surface area contributed by atoms with Gasteiger partial charge >= 0.3 is 0 Å². The van der Waals surface area contributed by atoms with Crippen molar-refractivity contribution in [1.82, 2.24) is 19.9 Å². The fourth-order valence-electron chi connectivity index (χ4n) is 2.73. The topological polar surface area (TPSA) is 66.5 Å². The molecule has 0 fully saturated rings. The molecule has 3 heterocycles. The summed E-state index contributed by atoms with van der Waals surface area (Å²) in [7, 11) is 0. The molecule has 3 aromatic heterocycles. The van der Waals surface area contributed by atoms with Gasteiger partial charge in [-0.1, -0.05) is 29.8 Å². The van der Waals surface area contributed by atoms with Gasteiger partial charge in [0.2, 0.25) is 5.95 Å². The van der Waals surface area contributed by atoms with Gasteiger partial charge in [0.25, 0.3) is 0 Å². The quantitative estimate of drug-likeness (QED) is 0.566. The zero-order valence-electron chi connectivity index (χ0n) is 13.4. The molecule has 0 aliphatic heterocycles. The number of aromatic nitrogens is 4. The third-order valence-electron chi connectivity index (χ3n) is 4.03. The van der Waals surface area contributed by atoms with Crippen molar-refractivity contribution in [1.29, 1.82) is 0 Å². The Labute approximate surface area is 150 Å². The molecule has 1 aromatic carbocycles. The first kappa shape index (κ1) is 15.6. The van der Waals surface area contributed by atoms with E-state index in [-0.39, 0.29) is 0 Å². The maximum Gasteiger partial charge on any atom is 0.222 e. The van der Waals surface area contributed by atoms with Gasteiger partial charge in [-0.3, -0.25) is 0 Å². The maximum atomic E-state index is 6.15. The van der Waals surface area contributed by atoms with E-state index >= 15 is 0 Å². The van der Waals surface area contributed by atoms with E-state index in [0.717, 1.165) is 33.6 Å². The smallest absolute Gasteiger partial charge is 0.222 e. The number of aromatic amines is 1. The molecule has 0 spiro atoms. The maximum absolute atomic E-state index is 6.15. The molecule has 2 N–H and O–H groups in total. The molecule has 6 heteroatoms. The second kappa shape index (κ2) is 6.91. The van der Waals surface area contributed by atoms with Crippen LogP contribution in [0.1, 0.15) is 16.7 Å². The second-order valence-electron chi connectivity index (χ2n) is 5.75. The molecular weight excluding hydrogens is 334 g/mol. The summed E-state index contributed by atoms with van der Waals surface area (Å²) in [4.78, 5) is 16.3. The van der Waals surface area contributed by atoms with Crippen LogP contribution in [0.5, 0.6) is 0 Å². The second-order valence-corrected chi connectivity index (χ2v) is 6.16. The molecule has 0 aliphatic carbocycles. The van der Waals surface area contributed by atoms with Crippen molar-refractivity contribution in [2.45, 2.75) is 13.0 Å². The van der Waals surface area contributed by atoms with Crippen LogP contribution in [-0.2, 0) is 13.0 Å². The van der Waals surface area contributed by atoms with Crippen LogP contribution in [0.15, 0.2) is 61.2 Å². The summed E-state index contributed by atoms with van der Waals surface area (Å²) in [5.41, 5.74) is 4.15. The van der Waals surface area contributed by atoms with E-state index in [4.69, 9.17) is 11.6 Å². The Morgan fingerprint density at radius 1 is 0.960 bits per heavy atom. The van der Waals surface area contributed by atoms with Crippen LogP contribution in [0.2, 0.25) is 5.02 Å². The lowest BCUT2D eigenvalue weighted by Gasteiger charge is -2.07. The van der Waals surface area contributed by atoms with Crippen LogP contribution in [0.4, 0.5) is 5.95 Å². The number of H-pyrrole nitrogens is 1. The van der Waals surface area contributed by atoms with Crippen molar-refractivity contribution >= 4 is 28.6 Å². The first-order chi connectivity index (χ1) is 12.3. The zero-order valence-corrected chi connectivity index (χ0v) is 14.2. The molecule has 124 valence electrons. The van der Waals surface area contributed by atoms with Crippen molar-refractivity contribution in [3.63, 3.8) is 0 Å². The monoisotopic (exact) mass is 349 g/mol. The van der Waals surface area contributed by atoms with Gasteiger partial charge in [-0.15, -0.1) is 0 Å². The predicted octanol–water partition coefficient (Wildman–Crippen LogP) is 4.21. The Hall–Kier alpha value is -2.92. The summed E-state index contributed by atoms with van der Waals surface area (Å²) in [5.74, 6) is 0.587. The van der Waals surface area contributed by atoms with Crippen LogP contribution in [-0.4, -0.2) is 19.9 Å². The molecule has 0 atom stereocenters. The summed E-state index contributed by atoms with van der Waals surface area (Å²) >= 11 is 6.15. The van der Waals surface area contributed by atoms with Gasteiger partial charge in [0, 0.05) is 48.2 Å². The third-order valence-corrected chi connectivity index (χ3v) is 4.40. The summed E-state index contributed by atoms with van der Waals surface area (Å²) in [6.07, 6.45) is 8.22. The number of pyridine rings is 1. The first-order valence-electron chi connectivity index (χ1n) is 7.99. The highest BCUT2D eigenvalue weighted by Gasteiger charge is 2.06. The Morgan fingerprint density at radius 2 is 1.80 bits per heavy atom. The SMILES string of the molecule is Clc1ccccc1CNc1ncc(Cc2c[nH]c3ncccc23)cn1. The van der Waals surface area contributed by atoms with E-state index in [9.17, 15) is 0 Å². The molecule has 0 radical (unpaired) electrons. The highest BCUT2D eigenvalue weighted by atomic mass is 35.5. The van der Waals surface area contributed by atoms with E-state index in [2.05, 4.69) is 31.3 Å². The number of hydrogen-bond acceptors (Lipinski definition) is 4. The standard InChI is InChI=1S/C19H16ClN5/c20-17-6-2-1-4-14(17)11-25-19-23-9-13(10-24-19)8-15-12-22-18-16(15)5-3-7-21-18/h1-7,9-10,12H,8,11H2,(H,21,22)(H,23,24,25). The molecule has 0 amide bonds. The molecule has 0 saturated carbocycles. The van der Waals surface area contributed by atoms with Gasteiger partial charge in [0.05, 0.1) is 0 Å². The lowest BCUT2D eigenvalue weighted by Crippen LogP contribution is -2.04. The fraction of sp³-hybridized carbons (Fsp3) is 0.105. The molecular formula is C19H16ClN5. The van der Waals surface area contributed by atoms with Crippen LogP contribution in [0.25, 0.3) is 11.0 Å². The minimum absolute atomic E-state index is 0.587. The van der Waals surface area contributed by atoms with Crippen LogP contribution in [0, 0.1) is 0 Å². The molecule has 0 unspecified atom stereocenters. The fourth-order valence-corrected chi connectivity index (χ4v) is 2.93. The molecule has 25 heavy (non-hydrogen) atoms. The first-order valence-corrected chi connectivity index (χ1v) is 8.36. The number of anilines is 1. The Bertz CT molecular complexity index is 994.